The lowest BCUT2D eigenvalue weighted by Crippen LogP contribution is -2.29. The normalized spacial score (nSPS) is 13.5. The summed E-state index contributed by atoms with van der Waals surface area (Å²) >= 11 is 0. The Morgan fingerprint density at radius 1 is 1.44 bits per heavy atom. The quantitative estimate of drug-likeness (QED) is 0.774. The number of alkyl carbamates (subject to hydrolysis) is 1. The molecule has 0 heterocycles. The molecule has 0 aliphatic rings. The number of aliphatic carboxylic acids is 1. The fraction of sp³-hybridized carbons (Fsp3) is 0.636. The van der Waals surface area contributed by atoms with Gasteiger partial charge in [0.2, 0.25) is 0 Å². The molecule has 0 radical (unpaired) electrons. The first-order valence-corrected chi connectivity index (χ1v) is 5.15. The van der Waals surface area contributed by atoms with Gasteiger partial charge in [-0.15, -0.1) is 0 Å². The van der Waals surface area contributed by atoms with E-state index in [1.54, 1.807) is 27.7 Å². The van der Waals surface area contributed by atoms with Crippen molar-refractivity contribution in [2.24, 2.45) is 5.92 Å². The lowest BCUT2D eigenvalue weighted by Gasteiger charge is -2.18. The van der Waals surface area contributed by atoms with E-state index in [0.29, 0.717) is 6.42 Å². The minimum atomic E-state index is -0.912. The second kappa shape index (κ2) is 6.15. The smallest absolute Gasteiger partial charge is 0.411 e. The third kappa shape index (κ3) is 6.86. The molecule has 0 aromatic heterocycles. The van der Waals surface area contributed by atoms with Gasteiger partial charge >= 0.3 is 12.1 Å². The predicted molar refractivity (Wildman–Crippen MR) is 59.9 cm³/mol. The van der Waals surface area contributed by atoms with Gasteiger partial charge in [0.25, 0.3) is 0 Å². The third-order valence-corrected chi connectivity index (χ3v) is 1.69. The van der Waals surface area contributed by atoms with Crippen molar-refractivity contribution in [2.45, 2.75) is 39.7 Å². The number of carbonyl (C=O) groups excluding carboxylic acids is 1. The lowest BCUT2D eigenvalue weighted by molar-refractivity contribution is -0.140. The highest BCUT2D eigenvalue weighted by Crippen LogP contribution is 2.07. The highest BCUT2D eigenvalue weighted by Gasteiger charge is 2.15. The first kappa shape index (κ1) is 14.5. The number of hydrogen-bond acceptors (Lipinski definition) is 3. The van der Waals surface area contributed by atoms with Gasteiger partial charge in [-0.1, -0.05) is 13.0 Å². The molecule has 0 bridgehead atoms. The third-order valence-electron chi connectivity index (χ3n) is 1.69. The Hall–Kier alpha value is -1.52. The monoisotopic (exact) mass is 229 g/mol. The molecule has 1 amide bonds. The van der Waals surface area contributed by atoms with Gasteiger partial charge in [-0.25, -0.2) is 4.79 Å². The Morgan fingerprint density at radius 2 is 2.00 bits per heavy atom. The molecule has 1 unspecified atom stereocenters. The van der Waals surface area contributed by atoms with Gasteiger partial charge in [-0.2, -0.15) is 0 Å². The summed E-state index contributed by atoms with van der Waals surface area (Å²) in [5, 5.41) is 11.1. The minimum Gasteiger partial charge on any atom is -0.481 e. The molecule has 0 rings (SSSR count). The van der Waals surface area contributed by atoms with Crippen molar-refractivity contribution in [3.8, 4) is 0 Å². The average molecular weight is 229 g/mol. The lowest BCUT2D eigenvalue weighted by atomic mass is 10.1. The van der Waals surface area contributed by atoms with E-state index < -0.39 is 23.6 Å². The maximum absolute atomic E-state index is 11.2. The Labute approximate surface area is 95.5 Å². The van der Waals surface area contributed by atoms with Crippen molar-refractivity contribution in [3.63, 3.8) is 0 Å². The van der Waals surface area contributed by atoms with Gasteiger partial charge in [0, 0.05) is 6.20 Å². The van der Waals surface area contributed by atoms with Crippen LogP contribution in [0, 0.1) is 5.92 Å². The number of rotatable bonds is 4. The zero-order chi connectivity index (χ0) is 12.8. The molecule has 0 spiro atoms. The summed E-state index contributed by atoms with van der Waals surface area (Å²) in [5.41, 5.74) is -0.561. The van der Waals surface area contributed by atoms with Gasteiger partial charge in [0.1, 0.15) is 5.60 Å². The van der Waals surface area contributed by atoms with Crippen LogP contribution in [0.3, 0.4) is 0 Å². The van der Waals surface area contributed by atoms with E-state index in [-0.39, 0.29) is 0 Å². The summed E-state index contributed by atoms with van der Waals surface area (Å²) < 4.78 is 4.96. The molecule has 0 saturated carbocycles. The van der Waals surface area contributed by atoms with Crippen LogP contribution in [0.2, 0.25) is 0 Å². The molecule has 5 heteroatoms. The summed E-state index contributed by atoms with van der Waals surface area (Å²) in [5.74, 6) is -1.50. The topological polar surface area (TPSA) is 75.6 Å². The van der Waals surface area contributed by atoms with E-state index in [1.165, 1.54) is 12.3 Å². The molecule has 0 aromatic carbocycles. The van der Waals surface area contributed by atoms with Crippen LogP contribution in [-0.4, -0.2) is 22.8 Å². The summed E-state index contributed by atoms with van der Waals surface area (Å²) in [6.07, 6.45) is 2.61. The van der Waals surface area contributed by atoms with Gasteiger partial charge in [-0.3, -0.25) is 10.1 Å². The first-order chi connectivity index (χ1) is 7.26. The van der Waals surface area contributed by atoms with Crippen molar-refractivity contribution in [1.82, 2.24) is 5.32 Å². The Kier molecular flexibility index (Phi) is 5.56. The number of nitrogens with one attached hydrogen (secondary N) is 1. The van der Waals surface area contributed by atoms with E-state index in [2.05, 4.69) is 5.32 Å². The summed E-state index contributed by atoms with van der Waals surface area (Å²) in [7, 11) is 0. The highest BCUT2D eigenvalue weighted by molar-refractivity contribution is 5.72. The van der Waals surface area contributed by atoms with E-state index in [9.17, 15) is 9.59 Å². The van der Waals surface area contributed by atoms with E-state index in [4.69, 9.17) is 9.84 Å². The Bertz CT molecular complexity index is 278. The zero-order valence-electron chi connectivity index (χ0n) is 10.1. The SMILES string of the molecule is CCC(C=CNC(=O)OC(C)(C)C)C(=O)O. The van der Waals surface area contributed by atoms with Gasteiger partial charge in [0.05, 0.1) is 5.92 Å². The van der Waals surface area contributed by atoms with Crippen LogP contribution in [0.4, 0.5) is 4.79 Å². The highest BCUT2D eigenvalue weighted by atomic mass is 16.6. The Morgan fingerprint density at radius 3 is 2.38 bits per heavy atom. The number of carboxylic acids is 1. The molecule has 16 heavy (non-hydrogen) atoms. The molecular weight excluding hydrogens is 210 g/mol. The molecule has 0 aliphatic carbocycles. The Balaban J connectivity index is 4.09. The van der Waals surface area contributed by atoms with Crippen molar-refractivity contribution in [1.29, 1.82) is 0 Å². The maximum atomic E-state index is 11.2. The molecule has 0 fully saturated rings. The number of amides is 1. The van der Waals surface area contributed by atoms with Gasteiger partial charge in [-0.05, 0) is 27.2 Å². The van der Waals surface area contributed by atoms with Crippen LogP contribution in [0.25, 0.3) is 0 Å². The average Bonchev–Trinajstić information content (AvgIpc) is 2.08. The van der Waals surface area contributed by atoms with Crippen LogP contribution in [0.1, 0.15) is 34.1 Å². The largest absolute Gasteiger partial charge is 0.481 e. The summed E-state index contributed by atoms with van der Waals surface area (Å²) in [6.45, 7) is 7.02. The van der Waals surface area contributed by atoms with E-state index >= 15 is 0 Å². The van der Waals surface area contributed by atoms with Crippen LogP contribution < -0.4 is 5.32 Å². The van der Waals surface area contributed by atoms with Crippen molar-refractivity contribution in [2.75, 3.05) is 0 Å². The molecule has 5 nitrogen and oxygen atoms in total. The van der Waals surface area contributed by atoms with Crippen molar-refractivity contribution in [3.05, 3.63) is 12.3 Å². The molecule has 0 aliphatic heterocycles. The van der Waals surface area contributed by atoms with Crippen LogP contribution in [0.15, 0.2) is 12.3 Å². The van der Waals surface area contributed by atoms with Crippen LogP contribution in [-0.2, 0) is 9.53 Å². The second-order valence-electron chi connectivity index (χ2n) is 4.36. The van der Waals surface area contributed by atoms with Crippen molar-refractivity contribution < 1.29 is 19.4 Å². The second-order valence-corrected chi connectivity index (χ2v) is 4.36. The standard InChI is InChI=1S/C11H19NO4/c1-5-8(9(13)14)6-7-12-10(15)16-11(2,3)4/h6-8H,5H2,1-4H3,(H,12,15)(H,13,14). The number of hydrogen-bond donors (Lipinski definition) is 2. The van der Waals surface area contributed by atoms with Crippen LogP contribution >= 0.6 is 0 Å². The molecular formula is C11H19NO4. The van der Waals surface area contributed by atoms with Crippen LogP contribution in [0.5, 0.6) is 0 Å². The van der Waals surface area contributed by atoms with E-state index in [0.717, 1.165) is 0 Å². The minimum absolute atomic E-state index is 0.474. The molecule has 0 aromatic rings. The number of carbonyl (C=O) groups is 2. The van der Waals surface area contributed by atoms with Gasteiger partial charge < -0.3 is 9.84 Å². The molecule has 1 atom stereocenters. The zero-order valence-corrected chi connectivity index (χ0v) is 10.1. The first-order valence-electron chi connectivity index (χ1n) is 5.15. The molecule has 92 valence electrons. The molecule has 2 N–H and O–H groups in total. The fourth-order valence-electron chi connectivity index (χ4n) is 0.933. The van der Waals surface area contributed by atoms with E-state index in [1.807, 2.05) is 0 Å². The fourth-order valence-corrected chi connectivity index (χ4v) is 0.933. The number of carboxylic acid groups (broad SMARTS) is 1. The van der Waals surface area contributed by atoms with Crippen molar-refractivity contribution >= 4 is 12.1 Å². The number of ether oxygens (including phenoxy) is 1. The summed E-state index contributed by atoms with van der Waals surface area (Å²) in [4.78, 5) is 21.8. The summed E-state index contributed by atoms with van der Waals surface area (Å²) in [6, 6.07) is 0. The predicted octanol–water partition coefficient (Wildman–Crippen LogP) is 2.14. The molecule has 0 saturated heterocycles. The maximum Gasteiger partial charge on any atom is 0.411 e. The van der Waals surface area contributed by atoms with Gasteiger partial charge in [0.15, 0.2) is 0 Å².